The van der Waals surface area contributed by atoms with Crippen LogP contribution in [-0.2, 0) is 11.2 Å². The monoisotopic (exact) mass is 382 g/mol. The summed E-state index contributed by atoms with van der Waals surface area (Å²) in [5, 5.41) is 3.39. The topological polar surface area (TPSA) is 32.3 Å². The van der Waals surface area contributed by atoms with Crippen molar-refractivity contribution in [2.45, 2.75) is 63.8 Å². The Balaban J connectivity index is 0.00000243. The second kappa shape index (κ2) is 10.9. The first-order valence-electron chi connectivity index (χ1n) is 9.97. The molecule has 1 heterocycles. The van der Waals surface area contributed by atoms with Gasteiger partial charge in [-0.05, 0) is 75.2 Å². The van der Waals surface area contributed by atoms with E-state index in [1.54, 1.807) is 0 Å². The van der Waals surface area contributed by atoms with Gasteiger partial charge in [-0.2, -0.15) is 0 Å². The number of hydrogen-bond donors (Lipinski definition) is 1. The molecule has 3 nitrogen and oxygen atoms in total. The van der Waals surface area contributed by atoms with E-state index in [0.29, 0.717) is 24.3 Å². The van der Waals surface area contributed by atoms with Crippen LogP contribution >= 0.6 is 12.4 Å². The molecule has 0 atom stereocenters. The molecule has 1 saturated carbocycles. The summed E-state index contributed by atoms with van der Waals surface area (Å²) in [6, 6.07) is 7.10. The number of nitrogens with zero attached hydrogens (tertiary/aromatic N) is 1. The summed E-state index contributed by atoms with van der Waals surface area (Å²) in [4.78, 5) is 15.0. The van der Waals surface area contributed by atoms with Crippen molar-refractivity contribution in [3.63, 3.8) is 0 Å². The van der Waals surface area contributed by atoms with E-state index in [4.69, 9.17) is 0 Å². The van der Waals surface area contributed by atoms with Crippen LogP contribution in [0.5, 0.6) is 0 Å². The minimum Gasteiger partial charge on any atom is -0.339 e. The van der Waals surface area contributed by atoms with Crippen LogP contribution < -0.4 is 5.32 Å². The smallest absolute Gasteiger partial charge is 0.222 e. The molecule has 26 heavy (non-hydrogen) atoms. The standard InChI is InChI=1S/C21H31FN2O.ClH/c22-19-8-5-17(6-9-19)13-16-24(20-3-1-2-4-20)21(25)10-7-18-11-14-23-15-12-18;/h5-6,8-9,18,20,23H,1-4,7,10-16H2;1H. The van der Waals surface area contributed by atoms with Gasteiger partial charge in [0.1, 0.15) is 5.82 Å². The molecule has 3 rings (SSSR count). The highest BCUT2D eigenvalue weighted by Crippen LogP contribution is 2.26. The van der Waals surface area contributed by atoms with Crippen LogP contribution in [0.3, 0.4) is 0 Å². The van der Waals surface area contributed by atoms with Crippen molar-refractivity contribution in [2.75, 3.05) is 19.6 Å². The number of hydrogen-bond acceptors (Lipinski definition) is 2. The molecule has 146 valence electrons. The Morgan fingerprint density at radius 3 is 2.38 bits per heavy atom. The zero-order valence-corrected chi connectivity index (χ0v) is 16.4. The van der Waals surface area contributed by atoms with E-state index in [0.717, 1.165) is 50.9 Å². The number of benzene rings is 1. The molecule has 1 aromatic carbocycles. The van der Waals surface area contributed by atoms with Gasteiger partial charge in [-0.25, -0.2) is 4.39 Å². The Hall–Kier alpha value is -1.13. The summed E-state index contributed by atoms with van der Waals surface area (Å²) in [5.74, 6) is 0.828. The van der Waals surface area contributed by atoms with Crippen LogP contribution in [0.15, 0.2) is 24.3 Å². The van der Waals surface area contributed by atoms with Crippen molar-refractivity contribution in [3.8, 4) is 0 Å². The molecule has 1 aliphatic heterocycles. The number of rotatable bonds is 7. The SMILES string of the molecule is Cl.O=C(CCC1CCNCC1)N(CCc1ccc(F)cc1)C1CCCC1. The lowest BCUT2D eigenvalue weighted by atomic mass is 9.93. The Morgan fingerprint density at radius 2 is 1.73 bits per heavy atom. The summed E-state index contributed by atoms with van der Waals surface area (Å²) in [6.07, 6.45) is 9.68. The van der Waals surface area contributed by atoms with E-state index in [-0.39, 0.29) is 18.2 Å². The van der Waals surface area contributed by atoms with E-state index in [9.17, 15) is 9.18 Å². The largest absolute Gasteiger partial charge is 0.339 e. The average Bonchev–Trinajstić information content (AvgIpc) is 3.17. The third-order valence-corrected chi connectivity index (χ3v) is 5.87. The molecule has 0 spiro atoms. The number of piperidine rings is 1. The van der Waals surface area contributed by atoms with E-state index in [1.807, 2.05) is 12.1 Å². The molecule has 1 amide bonds. The van der Waals surface area contributed by atoms with Gasteiger partial charge in [0, 0.05) is 19.0 Å². The lowest BCUT2D eigenvalue weighted by Gasteiger charge is -2.30. The number of halogens is 2. The van der Waals surface area contributed by atoms with Gasteiger partial charge in [0.15, 0.2) is 0 Å². The molecule has 1 saturated heterocycles. The van der Waals surface area contributed by atoms with E-state index in [1.165, 1.54) is 37.8 Å². The fraction of sp³-hybridized carbons (Fsp3) is 0.667. The van der Waals surface area contributed by atoms with Crippen LogP contribution in [0, 0.1) is 11.7 Å². The maximum atomic E-state index is 13.1. The number of carbonyl (C=O) groups excluding carboxylic acids is 1. The van der Waals surface area contributed by atoms with Crippen molar-refractivity contribution in [1.29, 1.82) is 0 Å². The molecule has 0 radical (unpaired) electrons. The van der Waals surface area contributed by atoms with Crippen molar-refractivity contribution in [2.24, 2.45) is 5.92 Å². The maximum Gasteiger partial charge on any atom is 0.222 e. The molecular formula is C21H32ClFN2O. The third-order valence-electron chi connectivity index (χ3n) is 5.87. The third kappa shape index (κ3) is 6.24. The fourth-order valence-corrected chi connectivity index (χ4v) is 4.27. The average molecular weight is 383 g/mol. The van der Waals surface area contributed by atoms with Crippen LogP contribution in [0.4, 0.5) is 4.39 Å². The molecule has 5 heteroatoms. The van der Waals surface area contributed by atoms with Crippen molar-refractivity contribution in [3.05, 3.63) is 35.6 Å². The molecule has 0 bridgehead atoms. The summed E-state index contributed by atoms with van der Waals surface area (Å²) >= 11 is 0. The summed E-state index contributed by atoms with van der Waals surface area (Å²) in [7, 11) is 0. The predicted octanol–water partition coefficient (Wildman–Crippen LogP) is 4.34. The molecule has 1 aliphatic carbocycles. The van der Waals surface area contributed by atoms with Gasteiger partial charge in [0.25, 0.3) is 0 Å². The second-order valence-corrected chi connectivity index (χ2v) is 7.63. The molecule has 2 aliphatic rings. The fourth-order valence-electron chi connectivity index (χ4n) is 4.27. The second-order valence-electron chi connectivity index (χ2n) is 7.63. The van der Waals surface area contributed by atoms with Crippen LogP contribution in [0.1, 0.15) is 56.9 Å². The molecule has 2 fully saturated rings. The van der Waals surface area contributed by atoms with Gasteiger partial charge < -0.3 is 10.2 Å². The van der Waals surface area contributed by atoms with Crippen molar-refractivity contribution in [1.82, 2.24) is 10.2 Å². The zero-order chi connectivity index (χ0) is 17.5. The first-order valence-corrected chi connectivity index (χ1v) is 9.97. The van der Waals surface area contributed by atoms with Crippen LogP contribution in [0.25, 0.3) is 0 Å². The zero-order valence-electron chi connectivity index (χ0n) is 15.6. The summed E-state index contributed by atoms with van der Waals surface area (Å²) in [6.45, 7) is 2.95. The molecule has 1 N–H and O–H groups in total. The van der Waals surface area contributed by atoms with Crippen molar-refractivity contribution < 1.29 is 9.18 Å². The summed E-state index contributed by atoms with van der Waals surface area (Å²) < 4.78 is 13.1. The molecule has 1 aromatic rings. The highest BCUT2D eigenvalue weighted by molar-refractivity contribution is 5.85. The van der Waals surface area contributed by atoms with Gasteiger partial charge in [-0.15, -0.1) is 12.4 Å². The Morgan fingerprint density at radius 1 is 1.08 bits per heavy atom. The Labute approximate surface area is 163 Å². The summed E-state index contributed by atoms with van der Waals surface area (Å²) in [5.41, 5.74) is 1.11. The highest BCUT2D eigenvalue weighted by Gasteiger charge is 2.26. The number of nitrogens with one attached hydrogen (secondary N) is 1. The molecule has 0 unspecified atom stereocenters. The van der Waals surface area contributed by atoms with E-state index in [2.05, 4.69) is 10.2 Å². The normalized spacial score (nSPS) is 18.5. The lowest BCUT2D eigenvalue weighted by molar-refractivity contribution is -0.133. The minimum absolute atomic E-state index is 0. The van der Waals surface area contributed by atoms with Gasteiger partial charge in [-0.3, -0.25) is 4.79 Å². The first kappa shape index (κ1) is 21.2. The Bertz CT molecular complexity index is 539. The molecular weight excluding hydrogens is 351 g/mol. The predicted molar refractivity (Wildman–Crippen MR) is 106 cm³/mol. The van der Waals surface area contributed by atoms with Gasteiger partial charge >= 0.3 is 0 Å². The maximum absolute atomic E-state index is 13.1. The van der Waals surface area contributed by atoms with Crippen LogP contribution in [-0.4, -0.2) is 36.5 Å². The lowest BCUT2D eigenvalue weighted by Crippen LogP contribution is -2.40. The highest BCUT2D eigenvalue weighted by atomic mass is 35.5. The van der Waals surface area contributed by atoms with Gasteiger partial charge in [0.05, 0.1) is 0 Å². The van der Waals surface area contributed by atoms with Gasteiger partial charge in [0.2, 0.25) is 5.91 Å². The number of carbonyl (C=O) groups is 1. The van der Waals surface area contributed by atoms with E-state index < -0.39 is 0 Å². The number of amides is 1. The Kier molecular flexibility index (Phi) is 8.86. The minimum atomic E-state index is -0.200. The first-order chi connectivity index (χ1) is 12.2. The van der Waals surface area contributed by atoms with E-state index >= 15 is 0 Å². The van der Waals surface area contributed by atoms with Gasteiger partial charge in [-0.1, -0.05) is 25.0 Å². The quantitative estimate of drug-likeness (QED) is 0.760. The van der Waals surface area contributed by atoms with Crippen molar-refractivity contribution >= 4 is 18.3 Å². The molecule has 0 aromatic heterocycles. The van der Waals surface area contributed by atoms with Crippen LogP contribution in [0.2, 0.25) is 0 Å².